The van der Waals surface area contributed by atoms with Gasteiger partial charge in [0, 0.05) is 12.1 Å². The zero-order chi connectivity index (χ0) is 20.8. The SMILES string of the molecule is COc1ccc(C)cc1CCNC(=O)c1cccc(OCc2c(C)noc2C)c1. The normalized spacial score (nSPS) is 10.6. The van der Waals surface area contributed by atoms with E-state index in [-0.39, 0.29) is 5.91 Å². The number of nitrogens with zero attached hydrogens (tertiary/aromatic N) is 1. The topological polar surface area (TPSA) is 73.6 Å². The lowest BCUT2D eigenvalue weighted by atomic mass is 10.1. The van der Waals surface area contributed by atoms with E-state index in [0.29, 0.717) is 30.9 Å². The maximum Gasteiger partial charge on any atom is 0.251 e. The number of hydrogen-bond acceptors (Lipinski definition) is 5. The molecule has 152 valence electrons. The minimum absolute atomic E-state index is 0.139. The van der Waals surface area contributed by atoms with Crippen LogP contribution in [0.1, 0.15) is 38.5 Å². The third kappa shape index (κ3) is 5.16. The van der Waals surface area contributed by atoms with Gasteiger partial charge >= 0.3 is 0 Å². The fourth-order valence-corrected chi connectivity index (χ4v) is 3.11. The minimum atomic E-state index is -0.139. The summed E-state index contributed by atoms with van der Waals surface area (Å²) in [5.41, 5.74) is 4.52. The Kier molecular flexibility index (Phi) is 6.54. The third-order valence-corrected chi connectivity index (χ3v) is 4.78. The van der Waals surface area contributed by atoms with E-state index < -0.39 is 0 Å². The van der Waals surface area contributed by atoms with E-state index in [4.69, 9.17) is 14.0 Å². The van der Waals surface area contributed by atoms with Crippen molar-refractivity contribution < 1.29 is 18.8 Å². The Balaban J connectivity index is 1.57. The first-order chi connectivity index (χ1) is 14.0. The van der Waals surface area contributed by atoms with Crippen LogP contribution >= 0.6 is 0 Å². The van der Waals surface area contributed by atoms with Crippen molar-refractivity contribution in [1.82, 2.24) is 10.5 Å². The number of aromatic nitrogens is 1. The third-order valence-electron chi connectivity index (χ3n) is 4.78. The largest absolute Gasteiger partial charge is 0.496 e. The standard InChI is InChI=1S/C23H26N2O4/c1-15-8-9-22(27-4)18(12-15)10-11-24-23(26)19-6-5-7-20(13-19)28-14-21-16(2)25-29-17(21)3/h5-9,12-13H,10-11,14H2,1-4H3,(H,24,26). The molecular formula is C23H26N2O4. The van der Waals surface area contributed by atoms with Crippen LogP contribution in [0.25, 0.3) is 0 Å². The van der Waals surface area contributed by atoms with E-state index >= 15 is 0 Å². The number of rotatable bonds is 8. The highest BCUT2D eigenvalue weighted by Gasteiger charge is 2.11. The van der Waals surface area contributed by atoms with E-state index in [0.717, 1.165) is 33.9 Å². The van der Waals surface area contributed by atoms with Crippen LogP contribution in [0.3, 0.4) is 0 Å². The summed E-state index contributed by atoms with van der Waals surface area (Å²) in [5, 5.41) is 6.88. The molecule has 3 aromatic rings. The van der Waals surface area contributed by atoms with Crippen molar-refractivity contribution in [2.45, 2.75) is 33.8 Å². The number of aryl methyl sites for hydroxylation is 3. The second-order valence-electron chi connectivity index (χ2n) is 6.94. The molecular weight excluding hydrogens is 368 g/mol. The Morgan fingerprint density at radius 2 is 1.97 bits per heavy atom. The molecule has 6 heteroatoms. The first-order valence-corrected chi connectivity index (χ1v) is 9.54. The number of hydrogen-bond donors (Lipinski definition) is 1. The molecule has 0 atom stereocenters. The van der Waals surface area contributed by atoms with Crippen molar-refractivity contribution >= 4 is 5.91 Å². The van der Waals surface area contributed by atoms with Crippen LogP contribution in [0.2, 0.25) is 0 Å². The predicted molar refractivity (Wildman–Crippen MR) is 111 cm³/mol. The number of carbonyl (C=O) groups excluding carboxylic acids is 1. The van der Waals surface area contributed by atoms with Crippen LogP contribution in [-0.4, -0.2) is 24.7 Å². The summed E-state index contributed by atoms with van der Waals surface area (Å²) in [5.74, 6) is 2.06. The molecule has 0 aliphatic rings. The summed E-state index contributed by atoms with van der Waals surface area (Å²) in [6, 6.07) is 13.2. The number of amides is 1. The second kappa shape index (κ2) is 9.28. The first kappa shape index (κ1) is 20.5. The van der Waals surface area contributed by atoms with Gasteiger partial charge in [-0.25, -0.2) is 0 Å². The lowest BCUT2D eigenvalue weighted by Crippen LogP contribution is -2.25. The van der Waals surface area contributed by atoms with Gasteiger partial charge in [-0.1, -0.05) is 28.9 Å². The van der Waals surface area contributed by atoms with Gasteiger partial charge in [-0.3, -0.25) is 4.79 Å². The Morgan fingerprint density at radius 1 is 1.14 bits per heavy atom. The summed E-state index contributed by atoms with van der Waals surface area (Å²) in [6.07, 6.45) is 0.693. The molecule has 0 radical (unpaired) electrons. The van der Waals surface area contributed by atoms with Crippen LogP contribution in [0.4, 0.5) is 0 Å². The van der Waals surface area contributed by atoms with Crippen molar-refractivity contribution in [3.8, 4) is 11.5 Å². The molecule has 29 heavy (non-hydrogen) atoms. The smallest absolute Gasteiger partial charge is 0.251 e. The first-order valence-electron chi connectivity index (χ1n) is 9.54. The van der Waals surface area contributed by atoms with Crippen molar-refractivity contribution in [3.05, 3.63) is 76.2 Å². The molecule has 2 aromatic carbocycles. The molecule has 0 bridgehead atoms. The molecule has 6 nitrogen and oxygen atoms in total. The van der Waals surface area contributed by atoms with Gasteiger partial charge in [0.25, 0.3) is 5.91 Å². The Morgan fingerprint density at radius 3 is 2.69 bits per heavy atom. The molecule has 0 saturated carbocycles. The summed E-state index contributed by atoms with van der Waals surface area (Å²) >= 11 is 0. The predicted octanol–water partition coefficient (Wildman–Crippen LogP) is 4.16. The number of ether oxygens (including phenoxy) is 2. The maximum absolute atomic E-state index is 12.5. The number of nitrogens with one attached hydrogen (secondary N) is 1. The van der Waals surface area contributed by atoms with Gasteiger partial charge in [-0.15, -0.1) is 0 Å². The van der Waals surface area contributed by atoms with Crippen LogP contribution in [-0.2, 0) is 13.0 Å². The molecule has 0 saturated heterocycles. The minimum Gasteiger partial charge on any atom is -0.496 e. The highest BCUT2D eigenvalue weighted by atomic mass is 16.5. The fraction of sp³-hybridized carbons (Fsp3) is 0.304. The summed E-state index contributed by atoms with van der Waals surface area (Å²) in [7, 11) is 1.65. The zero-order valence-electron chi connectivity index (χ0n) is 17.2. The Bertz CT molecular complexity index is 975. The molecule has 0 spiro atoms. The average molecular weight is 394 g/mol. The monoisotopic (exact) mass is 394 g/mol. The van der Waals surface area contributed by atoms with Crippen molar-refractivity contribution in [3.63, 3.8) is 0 Å². The lowest BCUT2D eigenvalue weighted by Gasteiger charge is -2.11. The van der Waals surface area contributed by atoms with Gasteiger partial charge in [0.15, 0.2) is 0 Å². The highest BCUT2D eigenvalue weighted by Crippen LogP contribution is 2.20. The molecule has 1 amide bonds. The molecule has 0 unspecified atom stereocenters. The van der Waals surface area contributed by atoms with Gasteiger partial charge in [0.2, 0.25) is 0 Å². The number of methoxy groups -OCH3 is 1. The molecule has 0 aliphatic carbocycles. The van der Waals surface area contributed by atoms with Crippen molar-refractivity contribution in [2.75, 3.05) is 13.7 Å². The van der Waals surface area contributed by atoms with E-state index in [1.165, 1.54) is 0 Å². The summed E-state index contributed by atoms with van der Waals surface area (Å²) < 4.78 is 16.4. The van der Waals surface area contributed by atoms with Crippen molar-refractivity contribution in [1.29, 1.82) is 0 Å². The van der Waals surface area contributed by atoms with Gasteiger partial charge < -0.3 is 19.3 Å². The second-order valence-corrected chi connectivity index (χ2v) is 6.94. The van der Waals surface area contributed by atoms with E-state index in [1.807, 2.05) is 39.0 Å². The Labute approximate surface area is 170 Å². The molecule has 0 fully saturated rings. The highest BCUT2D eigenvalue weighted by molar-refractivity contribution is 5.94. The molecule has 1 aromatic heterocycles. The van der Waals surface area contributed by atoms with Crippen LogP contribution in [0.5, 0.6) is 11.5 Å². The summed E-state index contributed by atoms with van der Waals surface area (Å²) in [6.45, 7) is 6.63. The van der Waals surface area contributed by atoms with E-state index in [2.05, 4.69) is 16.5 Å². The fourth-order valence-electron chi connectivity index (χ4n) is 3.11. The average Bonchev–Trinajstić information content (AvgIpc) is 3.04. The van der Waals surface area contributed by atoms with Gasteiger partial charge in [0.1, 0.15) is 23.9 Å². The Hall–Kier alpha value is -3.28. The molecule has 3 rings (SSSR count). The molecule has 1 N–H and O–H groups in total. The van der Waals surface area contributed by atoms with Crippen LogP contribution in [0, 0.1) is 20.8 Å². The van der Waals surface area contributed by atoms with Gasteiger partial charge in [-0.2, -0.15) is 0 Å². The van der Waals surface area contributed by atoms with Gasteiger partial charge in [0.05, 0.1) is 18.4 Å². The van der Waals surface area contributed by atoms with Crippen LogP contribution < -0.4 is 14.8 Å². The lowest BCUT2D eigenvalue weighted by molar-refractivity contribution is 0.0953. The number of carbonyl (C=O) groups is 1. The van der Waals surface area contributed by atoms with E-state index in [9.17, 15) is 4.79 Å². The van der Waals surface area contributed by atoms with Crippen LogP contribution in [0.15, 0.2) is 47.0 Å². The van der Waals surface area contributed by atoms with Gasteiger partial charge in [-0.05, 0) is 57.0 Å². The van der Waals surface area contributed by atoms with E-state index in [1.54, 1.807) is 25.3 Å². The quantitative estimate of drug-likeness (QED) is 0.621. The maximum atomic E-state index is 12.5. The zero-order valence-corrected chi connectivity index (χ0v) is 17.2. The molecule has 0 aliphatic heterocycles. The molecule has 1 heterocycles. The summed E-state index contributed by atoms with van der Waals surface area (Å²) in [4.78, 5) is 12.5. The van der Waals surface area contributed by atoms with Crippen molar-refractivity contribution in [2.24, 2.45) is 0 Å². The number of benzene rings is 2.